The van der Waals surface area contributed by atoms with Crippen LogP contribution in [0.3, 0.4) is 0 Å². The average Bonchev–Trinajstić information content (AvgIpc) is 3.35. The van der Waals surface area contributed by atoms with Crippen molar-refractivity contribution in [3.8, 4) is 44.5 Å². The summed E-state index contributed by atoms with van der Waals surface area (Å²) in [6.45, 7) is 18.1. The summed E-state index contributed by atoms with van der Waals surface area (Å²) in [7, 11) is 0. The second kappa shape index (κ2) is 17.2. The van der Waals surface area contributed by atoms with E-state index < -0.39 is 0 Å². The van der Waals surface area contributed by atoms with Crippen LogP contribution in [0.15, 0.2) is 194 Å². The molecule has 68 heavy (non-hydrogen) atoms. The number of hydrogen-bond donors (Lipinski definition) is 0. The molecule has 10 aromatic rings. The van der Waals surface area contributed by atoms with Gasteiger partial charge in [0.15, 0.2) is 0 Å². The maximum Gasteiger partial charge on any atom is 0.0497 e. The van der Waals surface area contributed by atoms with Crippen molar-refractivity contribution in [3.63, 3.8) is 0 Å². The standard InChI is InChI=1S/C66H58N2/c1-41(2)49-23-19-43(5)63(37-49)67(65-39-53(25-21-45(65)7)47-15-11-9-12-16-47)57-29-27-51-33-59-61(35-55(51)31-57)60-34-52-28-30-58(32-56(52)36-62(59)60)68(64-38-50(42(3)4)24-20-44(64)6)66-40-54(26-22-46(66)8)48-17-13-10-14-18-48/h9-42H,1-8H3. The van der Waals surface area contributed by atoms with E-state index in [0.717, 1.165) is 11.4 Å². The lowest BCUT2D eigenvalue weighted by Crippen LogP contribution is -2.13. The Morgan fingerprint density at radius 2 is 0.618 bits per heavy atom. The fourth-order valence-corrected chi connectivity index (χ4v) is 10.3. The summed E-state index contributed by atoms with van der Waals surface area (Å²) in [6, 6.07) is 72.9. The van der Waals surface area contributed by atoms with E-state index in [4.69, 9.17) is 0 Å². The first-order valence-corrected chi connectivity index (χ1v) is 24.3. The molecule has 0 radical (unpaired) electrons. The number of fused-ring (bicyclic) bond motifs is 6. The van der Waals surface area contributed by atoms with Crippen LogP contribution < -0.4 is 9.80 Å². The van der Waals surface area contributed by atoms with Crippen molar-refractivity contribution in [2.24, 2.45) is 0 Å². The van der Waals surface area contributed by atoms with Crippen LogP contribution in [0.2, 0.25) is 0 Å². The normalized spacial score (nSPS) is 11.8. The Labute approximate surface area is 402 Å². The first-order chi connectivity index (χ1) is 33.0. The summed E-state index contributed by atoms with van der Waals surface area (Å²) in [4.78, 5) is 4.98. The number of benzene rings is 10. The molecule has 0 atom stereocenters. The summed E-state index contributed by atoms with van der Waals surface area (Å²) in [6.07, 6.45) is 0. The monoisotopic (exact) mass is 878 g/mol. The van der Waals surface area contributed by atoms with Gasteiger partial charge in [0.05, 0.1) is 0 Å². The van der Waals surface area contributed by atoms with Crippen LogP contribution in [0.1, 0.15) is 72.9 Å². The van der Waals surface area contributed by atoms with Crippen LogP contribution in [0.25, 0.3) is 66.1 Å². The maximum atomic E-state index is 2.49. The Morgan fingerprint density at radius 3 is 0.985 bits per heavy atom. The van der Waals surface area contributed by atoms with E-state index in [1.54, 1.807) is 0 Å². The average molecular weight is 879 g/mol. The van der Waals surface area contributed by atoms with Gasteiger partial charge in [0.2, 0.25) is 0 Å². The molecule has 0 unspecified atom stereocenters. The van der Waals surface area contributed by atoms with Crippen molar-refractivity contribution in [2.75, 3.05) is 9.80 Å². The van der Waals surface area contributed by atoms with Gasteiger partial charge in [-0.15, -0.1) is 0 Å². The van der Waals surface area contributed by atoms with E-state index in [1.165, 1.54) is 122 Å². The van der Waals surface area contributed by atoms with Crippen LogP contribution >= 0.6 is 0 Å². The minimum absolute atomic E-state index is 0.414. The molecule has 10 aromatic carbocycles. The molecule has 0 N–H and O–H groups in total. The van der Waals surface area contributed by atoms with Gasteiger partial charge in [-0.2, -0.15) is 0 Å². The van der Waals surface area contributed by atoms with Gasteiger partial charge < -0.3 is 9.80 Å². The molecule has 1 aliphatic carbocycles. The third kappa shape index (κ3) is 7.64. The number of rotatable bonds is 10. The molecule has 0 amide bonds. The predicted molar refractivity (Wildman–Crippen MR) is 293 cm³/mol. The zero-order chi connectivity index (χ0) is 46.8. The molecule has 11 rings (SSSR count). The summed E-state index contributed by atoms with van der Waals surface area (Å²) in [5, 5.41) is 4.97. The number of aryl methyl sites for hydroxylation is 4. The Kier molecular flexibility index (Phi) is 10.9. The van der Waals surface area contributed by atoms with Crippen molar-refractivity contribution in [2.45, 2.75) is 67.2 Å². The Morgan fingerprint density at radius 1 is 0.279 bits per heavy atom. The molecule has 0 bridgehead atoms. The summed E-state index contributed by atoms with van der Waals surface area (Å²) in [5.74, 6) is 0.828. The lowest BCUT2D eigenvalue weighted by atomic mass is 9.78. The van der Waals surface area contributed by atoms with E-state index >= 15 is 0 Å². The fourth-order valence-electron chi connectivity index (χ4n) is 10.3. The van der Waals surface area contributed by atoms with Gasteiger partial charge in [-0.3, -0.25) is 0 Å². The van der Waals surface area contributed by atoms with Gasteiger partial charge in [-0.05, 0) is 212 Å². The van der Waals surface area contributed by atoms with Gasteiger partial charge in [-0.1, -0.05) is 149 Å². The molecular weight excluding hydrogens is 821 g/mol. The Balaban J connectivity index is 1.01. The van der Waals surface area contributed by atoms with Crippen molar-refractivity contribution in [3.05, 3.63) is 228 Å². The second-order valence-electron chi connectivity index (χ2n) is 19.7. The third-order valence-corrected chi connectivity index (χ3v) is 14.4. The van der Waals surface area contributed by atoms with Crippen LogP contribution in [0, 0.1) is 27.7 Å². The number of hydrogen-bond acceptors (Lipinski definition) is 2. The highest BCUT2D eigenvalue weighted by atomic mass is 15.2. The molecular formula is C66H58N2. The van der Waals surface area contributed by atoms with E-state index in [9.17, 15) is 0 Å². The van der Waals surface area contributed by atoms with Gasteiger partial charge in [-0.25, -0.2) is 0 Å². The van der Waals surface area contributed by atoms with E-state index in [2.05, 4.69) is 259 Å². The quantitative estimate of drug-likeness (QED) is 0.135. The molecule has 0 spiro atoms. The maximum absolute atomic E-state index is 2.49. The minimum Gasteiger partial charge on any atom is -0.310 e. The molecule has 0 fully saturated rings. The smallest absolute Gasteiger partial charge is 0.0497 e. The van der Waals surface area contributed by atoms with Crippen molar-refractivity contribution in [1.82, 2.24) is 0 Å². The highest BCUT2D eigenvalue weighted by Crippen LogP contribution is 2.52. The first-order valence-electron chi connectivity index (χ1n) is 24.3. The molecule has 0 heterocycles. The van der Waals surface area contributed by atoms with Crippen LogP contribution in [-0.4, -0.2) is 0 Å². The lowest BCUT2D eigenvalue weighted by Gasteiger charge is -2.31. The topological polar surface area (TPSA) is 6.48 Å². The van der Waals surface area contributed by atoms with Gasteiger partial charge in [0.1, 0.15) is 0 Å². The molecule has 0 aliphatic heterocycles. The molecule has 1 aliphatic rings. The fraction of sp³-hybridized carbons (Fsp3) is 0.152. The minimum atomic E-state index is 0.414. The highest BCUT2D eigenvalue weighted by Gasteiger charge is 2.26. The Hall–Kier alpha value is -7.68. The summed E-state index contributed by atoms with van der Waals surface area (Å²) < 4.78 is 0. The largest absolute Gasteiger partial charge is 0.310 e. The van der Waals surface area contributed by atoms with Gasteiger partial charge in [0.25, 0.3) is 0 Å². The van der Waals surface area contributed by atoms with Gasteiger partial charge >= 0.3 is 0 Å². The van der Waals surface area contributed by atoms with Crippen molar-refractivity contribution in [1.29, 1.82) is 0 Å². The van der Waals surface area contributed by atoms with Gasteiger partial charge in [0, 0.05) is 34.1 Å². The van der Waals surface area contributed by atoms with Crippen molar-refractivity contribution < 1.29 is 0 Å². The summed E-state index contributed by atoms with van der Waals surface area (Å²) >= 11 is 0. The van der Waals surface area contributed by atoms with E-state index in [-0.39, 0.29) is 0 Å². The molecule has 332 valence electrons. The third-order valence-electron chi connectivity index (χ3n) is 14.4. The SMILES string of the molecule is Cc1ccc(-c2ccccc2)cc1N(c1ccc2cc3c(cc2c1)-c1cc2ccc(N(c4cc(-c5ccccc5)ccc4C)c4cc(C(C)C)ccc4C)cc2cc1-3)c1cc(C(C)C)ccc1C. The predicted octanol–water partition coefficient (Wildman–Crippen LogP) is 19.4. The van der Waals surface area contributed by atoms with E-state index in [1.807, 2.05) is 0 Å². The first kappa shape index (κ1) is 42.9. The van der Waals surface area contributed by atoms with Crippen LogP contribution in [0.4, 0.5) is 34.1 Å². The molecule has 0 saturated heterocycles. The van der Waals surface area contributed by atoms with E-state index in [0.29, 0.717) is 11.8 Å². The lowest BCUT2D eigenvalue weighted by molar-refractivity contribution is 0.865. The van der Waals surface area contributed by atoms with Crippen molar-refractivity contribution >= 4 is 55.7 Å². The molecule has 2 nitrogen and oxygen atoms in total. The number of anilines is 6. The molecule has 2 heteroatoms. The molecule has 0 aromatic heterocycles. The second-order valence-corrected chi connectivity index (χ2v) is 19.7. The van der Waals surface area contributed by atoms with Crippen LogP contribution in [0.5, 0.6) is 0 Å². The van der Waals surface area contributed by atoms with Crippen LogP contribution in [-0.2, 0) is 0 Å². The number of nitrogens with zero attached hydrogens (tertiary/aromatic N) is 2. The highest BCUT2D eigenvalue weighted by molar-refractivity contribution is 6.12. The zero-order valence-corrected chi connectivity index (χ0v) is 40.5. The zero-order valence-electron chi connectivity index (χ0n) is 40.5. The summed E-state index contributed by atoms with van der Waals surface area (Å²) in [5.41, 5.74) is 24.9. The molecule has 0 saturated carbocycles. The Bertz CT molecular complexity index is 3310.